The summed E-state index contributed by atoms with van der Waals surface area (Å²) in [6.07, 6.45) is 1.38. The standard InChI is InChI=1S/C22H30N4O5/c1-2-30-18-7-5-17(6-8-18)26-14-13-25(22(26)29)16-20(27)23-9-11-24(12-10-23)21(28)19-4-3-15-31-19/h5-8,19H,2-4,9-16H2,1H3. The summed E-state index contributed by atoms with van der Waals surface area (Å²) in [4.78, 5) is 44.8. The molecule has 0 N–H and O–H groups in total. The molecule has 3 aliphatic rings. The lowest BCUT2D eigenvalue weighted by Gasteiger charge is -2.36. The van der Waals surface area contributed by atoms with Crippen LogP contribution in [0, 0.1) is 0 Å². The fraction of sp³-hybridized carbons (Fsp3) is 0.591. The highest BCUT2D eigenvalue weighted by atomic mass is 16.5. The van der Waals surface area contributed by atoms with Gasteiger partial charge < -0.3 is 24.2 Å². The van der Waals surface area contributed by atoms with Crippen molar-refractivity contribution >= 4 is 23.5 Å². The van der Waals surface area contributed by atoms with Gasteiger partial charge in [0, 0.05) is 51.6 Å². The first-order valence-corrected chi connectivity index (χ1v) is 11.0. The minimum absolute atomic E-state index is 0.0327. The number of nitrogens with zero attached hydrogens (tertiary/aromatic N) is 4. The van der Waals surface area contributed by atoms with Crippen molar-refractivity contribution in [1.29, 1.82) is 0 Å². The Labute approximate surface area is 182 Å². The van der Waals surface area contributed by atoms with E-state index in [1.807, 2.05) is 31.2 Å². The van der Waals surface area contributed by atoms with Crippen molar-refractivity contribution in [1.82, 2.24) is 14.7 Å². The predicted octanol–water partition coefficient (Wildman–Crippen LogP) is 1.18. The van der Waals surface area contributed by atoms with Crippen molar-refractivity contribution in [3.05, 3.63) is 24.3 Å². The molecule has 3 heterocycles. The van der Waals surface area contributed by atoms with E-state index in [-0.39, 0.29) is 30.5 Å². The van der Waals surface area contributed by atoms with Crippen LogP contribution < -0.4 is 9.64 Å². The van der Waals surface area contributed by atoms with Crippen LogP contribution in [0.25, 0.3) is 0 Å². The van der Waals surface area contributed by atoms with Crippen LogP contribution in [0.5, 0.6) is 5.75 Å². The summed E-state index contributed by atoms with van der Waals surface area (Å²) in [5, 5.41) is 0. The van der Waals surface area contributed by atoms with Gasteiger partial charge in [0.25, 0.3) is 5.91 Å². The summed E-state index contributed by atoms with van der Waals surface area (Å²) < 4.78 is 10.9. The lowest BCUT2D eigenvalue weighted by atomic mass is 10.2. The number of rotatable bonds is 6. The summed E-state index contributed by atoms with van der Waals surface area (Å²) in [6.45, 7) is 6.28. The normalized spacial score (nSPS) is 21.7. The molecule has 1 unspecified atom stereocenters. The smallest absolute Gasteiger partial charge is 0.325 e. The molecule has 1 aromatic rings. The Morgan fingerprint density at radius 3 is 2.39 bits per heavy atom. The van der Waals surface area contributed by atoms with Gasteiger partial charge in [0.05, 0.1) is 6.61 Å². The average Bonchev–Trinajstić information content (AvgIpc) is 3.45. The Bertz CT molecular complexity index is 801. The maximum Gasteiger partial charge on any atom is 0.325 e. The third-order valence-corrected chi connectivity index (χ3v) is 6.03. The first-order valence-electron chi connectivity index (χ1n) is 11.0. The molecule has 168 valence electrons. The van der Waals surface area contributed by atoms with Crippen molar-refractivity contribution < 1.29 is 23.9 Å². The van der Waals surface area contributed by atoms with Crippen molar-refractivity contribution in [3.63, 3.8) is 0 Å². The van der Waals surface area contributed by atoms with E-state index < -0.39 is 0 Å². The number of urea groups is 1. The Balaban J connectivity index is 1.26. The van der Waals surface area contributed by atoms with Crippen molar-refractivity contribution in [2.45, 2.75) is 25.9 Å². The number of carbonyl (C=O) groups is 3. The molecule has 4 amide bonds. The fourth-order valence-corrected chi connectivity index (χ4v) is 4.27. The maximum absolute atomic E-state index is 12.8. The Morgan fingerprint density at radius 1 is 1.03 bits per heavy atom. The Hall–Kier alpha value is -2.81. The van der Waals surface area contributed by atoms with Crippen molar-refractivity contribution in [3.8, 4) is 5.75 Å². The number of hydrogen-bond acceptors (Lipinski definition) is 5. The summed E-state index contributed by atoms with van der Waals surface area (Å²) in [7, 11) is 0. The molecule has 1 atom stereocenters. The predicted molar refractivity (Wildman–Crippen MR) is 114 cm³/mol. The SMILES string of the molecule is CCOc1ccc(N2CCN(CC(=O)N3CCN(C(=O)C4CCCO4)CC3)C2=O)cc1. The van der Waals surface area contributed by atoms with Crippen molar-refractivity contribution in [2.75, 3.05) is 63.9 Å². The Morgan fingerprint density at radius 2 is 1.74 bits per heavy atom. The van der Waals surface area contributed by atoms with Crippen LogP contribution in [0.15, 0.2) is 24.3 Å². The van der Waals surface area contributed by atoms with Crippen LogP contribution in [0.2, 0.25) is 0 Å². The molecule has 3 aliphatic heterocycles. The molecule has 31 heavy (non-hydrogen) atoms. The second-order valence-electron chi connectivity index (χ2n) is 7.99. The molecular formula is C22H30N4O5. The lowest BCUT2D eigenvalue weighted by Crippen LogP contribution is -2.54. The van der Waals surface area contributed by atoms with Gasteiger partial charge in [-0.15, -0.1) is 0 Å². The minimum atomic E-state index is -0.321. The maximum atomic E-state index is 12.8. The molecule has 3 saturated heterocycles. The van der Waals surface area contributed by atoms with Gasteiger partial charge in [-0.25, -0.2) is 4.79 Å². The van der Waals surface area contributed by atoms with Gasteiger partial charge in [0.15, 0.2) is 0 Å². The third kappa shape index (κ3) is 4.76. The van der Waals surface area contributed by atoms with E-state index in [4.69, 9.17) is 9.47 Å². The molecule has 0 spiro atoms. The van der Waals surface area contributed by atoms with Crippen LogP contribution in [0.4, 0.5) is 10.5 Å². The van der Waals surface area contributed by atoms with E-state index in [2.05, 4.69) is 0 Å². The highest BCUT2D eigenvalue weighted by Gasteiger charge is 2.34. The molecule has 9 nitrogen and oxygen atoms in total. The number of carbonyl (C=O) groups excluding carboxylic acids is 3. The average molecular weight is 431 g/mol. The van der Waals surface area contributed by atoms with E-state index in [1.165, 1.54) is 0 Å². The van der Waals surface area contributed by atoms with Gasteiger partial charge in [-0.2, -0.15) is 0 Å². The third-order valence-electron chi connectivity index (χ3n) is 6.03. The minimum Gasteiger partial charge on any atom is -0.494 e. The van der Waals surface area contributed by atoms with E-state index >= 15 is 0 Å². The van der Waals surface area contributed by atoms with Crippen LogP contribution in [-0.4, -0.2) is 97.7 Å². The summed E-state index contributed by atoms with van der Waals surface area (Å²) in [5.74, 6) is 0.721. The van der Waals surface area contributed by atoms with Crippen LogP contribution in [0.3, 0.4) is 0 Å². The van der Waals surface area contributed by atoms with Gasteiger partial charge in [-0.1, -0.05) is 0 Å². The Kier molecular flexibility index (Phi) is 6.60. The zero-order valence-corrected chi connectivity index (χ0v) is 18.0. The number of ether oxygens (including phenoxy) is 2. The lowest BCUT2D eigenvalue weighted by molar-refractivity contribution is -0.146. The molecule has 1 aromatic carbocycles. The zero-order valence-electron chi connectivity index (χ0n) is 18.0. The van der Waals surface area contributed by atoms with Crippen LogP contribution >= 0.6 is 0 Å². The van der Waals surface area contributed by atoms with Gasteiger partial charge in [-0.3, -0.25) is 14.5 Å². The second kappa shape index (κ2) is 9.55. The molecular weight excluding hydrogens is 400 g/mol. The molecule has 0 radical (unpaired) electrons. The zero-order chi connectivity index (χ0) is 21.8. The molecule has 0 saturated carbocycles. The topological polar surface area (TPSA) is 82.6 Å². The summed E-state index contributed by atoms with van der Waals surface area (Å²) in [6, 6.07) is 7.25. The van der Waals surface area contributed by atoms with Crippen LogP contribution in [0.1, 0.15) is 19.8 Å². The van der Waals surface area contributed by atoms with Gasteiger partial charge in [0.2, 0.25) is 5.91 Å². The number of hydrogen-bond donors (Lipinski definition) is 0. The number of amides is 4. The van der Waals surface area contributed by atoms with Crippen molar-refractivity contribution in [2.24, 2.45) is 0 Å². The van der Waals surface area contributed by atoms with E-state index in [9.17, 15) is 14.4 Å². The largest absolute Gasteiger partial charge is 0.494 e. The monoisotopic (exact) mass is 430 g/mol. The molecule has 0 bridgehead atoms. The summed E-state index contributed by atoms with van der Waals surface area (Å²) in [5.41, 5.74) is 0.796. The number of anilines is 1. The molecule has 0 aromatic heterocycles. The first-order chi connectivity index (χ1) is 15.1. The molecule has 0 aliphatic carbocycles. The van der Waals surface area contributed by atoms with Crippen LogP contribution in [-0.2, 0) is 14.3 Å². The first kappa shape index (κ1) is 21.4. The number of piperazine rings is 1. The highest BCUT2D eigenvalue weighted by molar-refractivity contribution is 5.96. The van der Waals surface area contributed by atoms with E-state index in [0.29, 0.717) is 52.5 Å². The fourth-order valence-electron chi connectivity index (χ4n) is 4.27. The molecule has 9 heteroatoms. The van der Waals surface area contributed by atoms with Gasteiger partial charge in [-0.05, 0) is 44.0 Å². The molecule has 4 rings (SSSR count). The quantitative estimate of drug-likeness (QED) is 0.677. The molecule has 3 fully saturated rings. The van der Waals surface area contributed by atoms with E-state index in [0.717, 1.165) is 24.3 Å². The van der Waals surface area contributed by atoms with Gasteiger partial charge in [0.1, 0.15) is 18.4 Å². The van der Waals surface area contributed by atoms with Gasteiger partial charge >= 0.3 is 6.03 Å². The number of benzene rings is 1. The summed E-state index contributed by atoms with van der Waals surface area (Å²) >= 11 is 0. The van der Waals surface area contributed by atoms with E-state index in [1.54, 1.807) is 19.6 Å². The second-order valence-corrected chi connectivity index (χ2v) is 7.99. The highest BCUT2D eigenvalue weighted by Crippen LogP contribution is 2.23.